The fourth-order valence-corrected chi connectivity index (χ4v) is 3.95. The molecule has 140 valence electrons. The smallest absolute Gasteiger partial charge is 0.268 e. The number of rotatable bonds is 8. The van der Waals surface area contributed by atoms with Crippen LogP contribution >= 0.6 is 11.8 Å². The third kappa shape index (κ3) is 4.67. The molecule has 0 atom stereocenters. The Morgan fingerprint density at radius 3 is 2.19 bits per heavy atom. The molecule has 4 nitrogen and oxygen atoms in total. The second kappa shape index (κ2) is 9.02. The van der Waals surface area contributed by atoms with Gasteiger partial charge < -0.3 is 4.74 Å². The average Bonchev–Trinajstić information content (AvgIpc) is 2.91. The summed E-state index contributed by atoms with van der Waals surface area (Å²) in [5.74, 6) is 0.170. The number of amides is 2. The Hall–Kier alpha value is -2.37. The zero-order valence-corrected chi connectivity index (χ0v) is 16.4. The SMILES string of the molecule is CC(C)OCCN1C(=O)C(SCc2ccccc2)=C(c2ccccc2)C1=O. The van der Waals surface area contributed by atoms with Gasteiger partial charge in [-0.05, 0) is 25.0 Å². The molecule has 2 amide bonds. The van der Waals surface area contributed by atoms with Crippen molar-refractivity contribution in [2.45, 2.75) is 25.7 Å². The van der Waals surface area contributed by atoms with Crippen LogP contribution in [-0.2, 0) is 20.1 Å². The minimum atomic E-state index is -0.242. The van der Waals surface area contributed by atoms with E-state index in [0.29, 0.717) is 22.8 Å². The van der Waals surface area contributed by atoms with Crippen LogP contribution in [0, 0.1) is 0 Å². The number of hydrogen-bond donors (Lipinski definition) is 0. The lowest BCUT2D eigenvalue weighted by Gasteiger charge is -2.16. The van der Waals surface area contributed by atoms with Crippen LogP contribution in [0.2, 0.25) is 0 Å². The van der Waals surface area contributed by atoms with E-state index in [-0.39, 0.29) is 24.5 Å². The van der Waals surface area contributed by atoms with Gasteiger partial charge >= 0.3 is 0 Å². The maximum atomic E-state index is 13.0. The highest BCUT2D eigenvalue weighted by Crippen LogP contribution is 2.37. The van der Waals surface area contributed by atoms with E-state index in [0.717, 1.165) is 11.1 Å². The minimum absolute atomic E-state index is 0.0614. The van der Waals surface area contributed by atoms with Crippen LogP contribution in [-0.4, -0.2) is 36.0 Å². The van der Waals surface area contributed by atoms with E-state index < -0.39 is 0 Å². The van der Waals surface area contributed by atoms with Crippen molar-refractivity contribution in [2.24, 2.45) is 0 Å². The van der Waals surface area contributed by atoms with Crippen molar-refractivity contribution in [3.8, 4) is 0 Å². The number of carbonyl (C=O) groups excluding carboxylic acids is 2. The molecule has 1 aliphatic heterocycles. The number of thioether (sulfide) groups is 1. The van der Waals surface area contributed by atoms with Gasteiger partial charge in [-0.1, -0.05) is 60.7 Å². The van der Waals surface area contributed by atoms with Gasteiger partial charge in [0.15, 0.2) is 0 Å². The Morgan fingerprint density at radius 1 is 0.926 bits per heavy atom. The molecule has 0 unspecified atom stereocenters. The summed E-state index contributed by atoms with van der Waals surface area (Å²) in [4.78, 5) is 27.8. The normalized spacial score (nSPS) is 14.6. The number of carbonyl (C=O) groups is 2. The van der Waals surface area contributed by atoms with E-state index in [1.54, 1.807) is 0 Å². The molecule has 0 N–H and O–H groups in total. The van der Waals surface area contributed by atoms with Gasteiger partial charge in [0.05, 0.1) is 29.7 Å². The first-order valence-corrected chi connectivity index (χ1v) is 10.0. The van der Waals surface area contributed by atoms with Crippen LogP contribution in [0.15, 0.2) is 65.6 Å². The van der Waals surface area contributed by atoms with Gasteiger partial charge in [-0.2, -0.15) is 0 Å². The standard InChI is InChI=1S/C22H23NO3S/c1-16(2)26-14-13-23-21(24)19(18-11-7-4-8-12-18)20(22(23)25)27-15-17-9-5-3-6-10-17/h3-12,16H,13-15H2,1-2H3. The van der Waals surface area contributed by atoms with Gasteiger partial charge in [0.2, 0.25) is 0 Å². The van der Waals surface area contributed by atoms with Crippen molar-refractivity contribution in [1.29, 1.82) is 0 Å². The molecule has 3 rings (SSSR count). The zero-order chi connectivity index (χ0) is 19.2. The monoisotopic (exact) mass is 381 g/mol. The van der Waals surface area contributed by atoms with Crippen LogP contribution in [0.4, 0.5) is 0 Å². The highest BCUT2D eigenvalue weighted by atomic mass is 32.2. The number of nitrogens with zero attached hydrogens (tertiary/aromatic N) is 1. The van der Waals surface area contributed by atoms with Crippen molar-refractivity contribution in [3.63, 3.8) is 0 Å². The molecule has 0 saturated carbocycles. The molecule has 2 aromatic rings. The predicted octanol–water partition coefficient (Wildman–Crippen LogP) is 4.12. The fourth-order valence-electron chi connectivity index (χ4n) is 2.86. The Balaban J connectivity index is 1.84. The molecular weight excluding hydrogens is 358 g/mol. The highest BCUT2D eigenvalue weighted by Gasteiger charge is 2.38. The first-order chi connectivity index (χ1) is 13.1. The fraction of sp³-hybridized carbons (Fsp3) is 0.273. The van der Waals surface area contributed by atoms with Crippen molar-refractivity contribution >= 4 is 29.1 Å². The lowest BCUT2D eigenvalue weighted by molar-refractivity contribution is -0.137. The zero-order valence-electron chi connectivity index (χ0n) is 15.6. The van der Waals surface area contributed by atoms with E-state index in [1.165, 1.54) is 16.7 Å². The largest absolute Gasteiger partial charge is 0.377 e. The van der Waals surface area contributed by atoms with Crippen molar-refractivity contribution in [2.75, 3.05) is 13.2 Å². The van der Waals surface area contributed by atoms with Crippen LogP contribution in [0.1, 0.15) is 25.0 Å². The van der Waals surface area contributed by atoms with Crippen LogP contribution in [0.5, 0.6) is 0 Å². The van der Waals surface area contributed by atoms with E-state index in [4.69, 9.17) is 4.74 Å². The molecule has 27 heavy (non-hydrogen) atoms. The Bertz CT molecular complexity index is 831. The molecular formula is C22H23NO3S. The van der Waals surface area contributed by atoms with Crippen LogP contribution in [0.3, 0.4) is 0 Å². The Morgan fingerprint density at radius 2 is 1.56 bits per heavy atom. The van der Waals surface area contributed by atoms with E-state index >= 15 is 0 Å². The Labute approximate surface area is 164 Å². The van der Waals surface area contributed by atoms with Crippen LogP contribution < -0.4 is 0 Å². The second-order valence-electron chi connectivity index (χ2n) is 6.53. The first kappa shape index (κ1) is 19.4. The van der Waals surface area contributed by atoms with Crippen molar-refractivity contribution < 1.29 is 14.3 Å². The molecule has 1 heterocycles. The quantitative estimate of drug-likeness (QED) is 0.645. The molecule has 0 bridgehead atoms. The maximum absolute atomic E-state index is 13.0. The molecule has 0 spiro atoms. The summed E-state index contributed by atoms with van der Waals surface area (Å²) in [6.45, 7) is 4.47. The second-order valence-corrected chi connectivity index (χ2v) is 7.51. The molecule has 1 aliphatic rings. The number of benzene rings is 2. The van der Waals surface area contributed by atoms with Gasteiger partial charge in [-0.3, -0.25) is 14.5 Å². The summed E-state index contributed by atoms with van der Waals surface area (Å²) < 4.78 is 5.53. The molecule has 0 saturated heterocycles. The summed E-state index contributed by atoms with van der Waals surface area (Å²) in [6.07, 6.45) is 0.0614. The summed E-state index contributed by atoms with van der Waals surface area (Å²) in [5, 5.41) is 0. The van der Waals surface area contributed by atoms with Gasteiger partial charge in [0.1, 0.15) is 0 Å². The third-order valence-corrected chi connectivity index (χ3v) is 5.33. The summed E-state index contributed by atoms with van der Waals surface area (Å²) in [7, 11) is 0. The molecule has 0 radical (unpaired) electrons. The number of hydrogen-bond acceptors (Lipinski definition) is 4. The van der Waals surface area contributed by atoms with Gasteiger partial charge in [-0.25, -0.2) is 0 Å². The van der Waals surface area contributed by atoms with E-state index in [1.807, 2.05) is 74.5 Å². The van der Waals surface area contributed by atoms with Gasteiger partial charge in [-0.15, -0.1) is 11.8 Å². The first-order valence-electron chi connectivity index (χ1n) is 9.02. The average molecular weight is 381 g/mol. The summed E-state index contributed by atoms with van der Waals surface area (Å²) in [5.41, 5.74) is 2.38. The topological polar surface area (TPSA) is 46.6 Å². The predicted molar refractivity (Wildman–Crippen MR) is 109 cm³/mol. The number of imide groups is 1. The third-order valence-electron chi connectivity index (χ3n) is 4.18. The van der Waals surface area contributed by atoms with E-state index in [2.05, 4.69) is 0 Å². The van der Waals surface area contributed by atoms with E-state index in [9.17, 15) is 9.59 Å². The Kier molecular flexibility index (Phi) is 6.48. The van der Waals surface area contributed by atoms with Crippen LogP contribution in [0.25, 0.3) is 5.57 Å². The summed E-state index contributed by atoms with van der Waals surface area (Å²) >= 11 is 1.42. The lowest BCUT2D eigenvalue weighted by atomic mass is 10.1. The van der Waals surface area contributed by atoms with Gasteiger partial charge in [0.25, 0.3) is 11.8 Å². The molecule has 5 heteroatoms. The highest BCUT2D eigenvalue weighted by molar-refractivity contribution is 8.03. The summed E-state index contributed by atoms with van der Waals surface area (Å²) in [6, 6.07) is 19.3. The van der Waals surface area contributed by atoms with Gasteiger partial charge in [0, 0.05) is 5.75 Å². The lowest BCUT2D eigenvalue weighted by Crippen LogP contribution is -2.35. The number of ether oxygens (including phenoxy) is 1. The minimum Gasteiger partial charge on any atom is -0.377 e. The molecule has 2 aromatic carbocycles. The maximum Gasteiger partial charge on any atom is 0.268 e. The molecule has 0 aliphatic carbocycles. The van der Waals surface area contributed by atoms with Crippen molar-refractivity contribution in [1.82, 2.24) is 4.90 Å². The molecule has 0 aromatic heterocycles. The molecule has 0 fully saturated rings. The van der Waals surface area contributed by atoms with Crippen molar-refractivity contribution in [3.05, 3.63) is 76.7 Å².